The molecule has 0 unspecified atom stereocenters. The Morgan fingerprint density at radius 1 is 1.04 bits per heavy atom. The summed E-state index contributed by atoms with van der Waals surface area (Å²) in [6, 6.07) is 6.82. The van der Waals surface area contributed by atoms with Crippen LogP contribution in [-0.2, 0) is 7.05 Å². The highest BCUT2D eigenvalue weighted by atomic mass is 35.5. The van der Waals surface area contributed by atoms with Crippen molar-refractivity contribution in [2.75, 3.05) is 33.3 Å². The van der Waals surface area contributed by atoms with Crippen LogP contribution in [-0.4, -0.2) is 59.5 Å². The highest BCUT2D eigenvalue weighted by molar-refractivity contribution is 6.34. The molecule has 0 spiro atoms. The molecule has 2 aromatic rings. The number of aryl methyl sites for hydroxylation is 1. The van der Waals surface area contributed by atoms with E-state index < -0.39 is 0 Å². The lowest BCUT2D eigenvalue weighted by Gasteiger charge is -2.34. The molecule has 1 saturated heterocycles. The van der Waals surface area contributed by atoms with E-state index in [-0.39, 0.29) is 11.8 Å². The monoisotopic (exact) mass is 361 g/mol. The average Bonchev–Trinajstić information content (AvgIpc) is 3.07. The van der Waals surface area contributed by atoms with E-state index in [4.69, 9.17) is 16.3 Å². The number of hydrogen-bond acceptors (Lipinski definition) is 3. The zero-order valence-electron chi connectivity index (χ0n) is 14.2. The second-order valence-corrected chi connectivity index (χ2v) is 6.40. The van der Waals surface area contributed by atoms with Crippen molar-refractivity contribution >= 4 is 23.4 Å². The smallest absolute Gasteiger partial charge is 0.255 e. The van der Waals surface area contributed by atoms with Crippen molar-refractivity contribution in [3.8, 4) is 5.75 Å². The lowest BCUT2D eigenvalue weighted by molar-refractivity contribution is 0.0535. The van der Waals surface area contributed by atoms with Crippen molar-refractivity contribution in [1.29, 1.82) is 0 Å². The zero-order chi connectivity index (χ0) is 18.0. The lowest BCUT2D eigenvalue weighted by Crippen LogP contribution is -2.50. The molecule has 0 atom stereocenters. The first-order valence-corrected chi connectivity index (χ1v) is 8.41. The summed E-state index contributed by atoms with van der Waals surface area (Å²) in [5.41, 5.74) is 1.12. The molecule has 3 rings (SSSR count). The van der Waals surface area contributed by atoms with E-state index in [2.05, 4.69) is 0 Å². The predicted octanol–water partition coefficient (Wildman–Crippen LogP) is 2.29. The number of carbonyl (C=O) groups excluding carboxylic acids is 2. The first kappa shape index (κ1) is 17.4. The summed E-state index contributed by atoms with van der Waals surface area (Å²) in [6.45, 7) is 1.99. The van der Waals surface area contributed by atoms with Crippen molar-refractivity contribution in [3.63, 3.8) is 0 Å². The van der Waals surface area contributed by atoms with Gasteiger partial charge in [0, 0.05) is 45.6 Å². The van der Waals surface area contributed by atoms with Crippen molar-refractivity contribution < 1.29 is 14.3 Å². The van der Waals surface area contributed by atoms with Crippen molar-refractivity contribution in [2.24, 2.45) is 7.05 Å². The largest absolute Gasteiger partial charge is 0.497 e. The number of hydrogen-bond donors (Lipinski definition) is 0. The van der Waals surface area contributed by atoms with Crippen LogP contribution < -0.4 is 4.74 Å². The van der Waals surface area contributed by atoms with Crippen LogP contribution in [0.1, 0.15) is 20.7 Å². The van der Waals surface area contributed by atoms with E-state index in [1.165, 1.54) is 0 Å². The van der Waals surface area contributed by atoms with E-state index >= 15 is 0 Å². The number of piperazine rings is 1. The molecule has 1 aromatic carbocycles. The Labute approximate surface area is 151 Å². The maximum Gasteiger partial charge on any atom is 0.255 e. The minimum absolute atomic E-state index is 0.00446. The normalized spacial score (nSPS) is 14.5. The van der Waals surface area contributed by atoms with Crippen LogP contribution in [0.4, 0.5) is 0 Å². The standard InChI is InChI=1S/C18H20ClN3O3/c1-20-6-5-13(12-20)17(23)21-7-9-22(10-8-21)18(24)15-4-3-14(25-2)11-16(15)19/h3-6,11-12H,7-10H2,1-2H3. The fourth-order valence-electron chi connectivity index (χ4n) is 2.89. The number of benzene rings is 1. The van der Waals surface area contributed by atoms with Gasteiger partial charge in [0.2, 0.25) is 0 Å². The quantitative estimate of drug-likeness (QED) is 0.842. The fourth-order valence-corrected chi connectivity index (χ4v) is 3.14. The molecule has 7 heteroatoms. The Kier molecular flexibility index (Phi) is 4.99. The van der Waals surface area contributed by atoms with Crippen molar-refractivity contribution in [3.05, 3.63) is 52.8 Å². The molecular formula is C18H20ClN3O3. The third-order valence-electron chi connectivity index (χ3n) is 4.34. The molecule has 2 heterocycles. The maximum absolute atomic E-state index is 12.7. The summed E-state index contributed by atoms with van der Waals surface area (Å²) in [5, 5.41) is 0.368. The van der Waals surface area contributed by atoms with Crippen LogP contribution in [0.15, 0.2) is 36.7 Å². The van der Waals surface area contributed by atoms with Gasteiger partial charge in [0.05, 0.1) is 23.3 Å². The van der Waals surface area contributed by atoms with Crippen LogP contribution in [0.5, 0.6) is 5.75 Å². The molecule has 1 aliphatic heterocycles. The Morgan fingerprint density at radius 3 is 2.20 bits per heavy atom. The number of nitrogens with zero attached hydrogens (tertiary/aromatic N) is 3. The summed E-state index contributed by atoms with van der Waals surface area (Å²) in [7, 11) is 3.43. The van der Waals surface area contributed by atoms with E-state index in [9.17, 15) is 9.59 Å². The predicted molar refractivity (Wildman–Crippen MR) is 95.2 cm³/mol. The number of aromatic nitrogens is 1. The summed E-state index contributed by atoms with van der Waals surface area (Å²) < 4.78 is 6.95. The third kappa shape index (κ3) is 3.64. The Bertz CT molecular complexity index is 795. The van der Waals surface area contributed by atoms with Crippen LogP contribution in [0.2, 0.25) is 5.02 Å². The molecule has 2 amide bonds. The van der Waals surface area contributed by atoms with E-state index in [0.29, 0.717) is 48.1 Å². The number of halogens is 1. The molecule has 1 aliphatic rings. The molecule has 0 radical (unpaired) electrons. The molecule has 0 bridgehead atoms. The van der Waals surface area contributed by atoms with E-state index in [0.717, 1.165) is 0 Å². The van der Waals surface area contributed by atoms with Crippen LogP contribution in [0.25, 0.3) is 0 Å². The number of ether oxygens (including phenoxy) is 1. The minimum atomic E-state index is -0.125. The lowest BCUT2D eigenvalue weighted by atomic mass is 10.1. The van der Waals surface area contributed by atoms with Crippen LogP contribution >= 0.6 is 11.6 Å². The first-order chi connectivity index (χ1) is 12.0. The molecule has 25 heavy (non-hydrogen) atoms. The van der Waals surface area contributed by atoms with Gasteiger partial charge in [-0.15, -0.1) is 0 Å². The second-order valence-electron chi connectivity index (χ2n) is 6.00. The highest BCUT2D eigenvalue weighted by Gasteiger charge is 2.26. The molecule has 1 aromatic heterocycles. The molecule has 1 fully saturated rings. The summed E-state index contributed by atoms with van der Waals surface area (Å²) in [4.78, 5) is 28.6. The second kappa shape index (κ2) is 7.19. The highest BCUT2D eigenvalue weighted by Crippen LogP contribution is 2.24. The van der Waals surface area contributed by atoms with E-state index in [1.807, 2.05) is 17.8 Å². The van der Waals surface area contributed by atoms with Gasteiger partial charge < -0.3 is 19.1 Å². The topological polar surface area (TPSA) is 54.8 Å². The van der Waals surface area contributed by atoms with E-state index in [1.54, 1.807) is 47.4 Å². The molecule has 0 saturated carbocycles. The zero-order valence-corrected chi connectivity index (χ0v) is 15.0. The number of amides is 2. The first-order valence-electron chi connectivity index (χ1n) is 8.03. The Hall–Kier alpha value is -2.47. The SMILES string of the molecule is COc1ccc(C(=O)N2CCN(C(=O)c3ccn(C)c3)CC2)c(Cl)c1. The van der Waals surface area contributed by atoms with Gasteiger partial charge in [-0.3, -0.25) is 9.59 Å². The summed E-state index contributed by atoms with van der Waals surface area (Å²) >= 11 is 6.19. The van der Waals surface area contributed by atoms with Crippen molar-refractivity contribution in [1.82, 2.24) is 14.4 Å². The number of carbonyl (C=O) groups is 2. The average molecular weight is 362 g/mol. The van der Waals surface area contributed by atoms with Gasteiger partial charge in [-0.05, 0) is 24.3 Å². The van der Waals surface area contributed by atoms with Crippen molar-refractivity contribution in [2.45, 2.75) is 0 Å². The van der Waals surface area contributed by atoms with Gasteiger partial charge in [-0.25, -0.2) is 0 Å². The molecule has 6 nitrogen and oxygen atoms in total. The molecular weight excluding hydrogens is 342 g/mol. The number of rotatable bonds is 3. The minimum Gasteiger partial charge on any atom is -0.497 e. The maximum atomic E-state index is 12.7. The number of methoxy groups -OCH3 is 1. The molecule has 0 N–H and O–H groups in total. The summed E-state index contributed by atoms with van der Waals surface area (Å²) in [6.07, 6.45) is 3.65. The third-order valence-corrected chi connectivity index (χ3v) is 4.65. The van der Waals surface area contributed by atoms with Gasteiger partial charge in [-0.2, -0.15) is 0 Å². The Balaban J connectivity index is 1.64. The summed E-state index contributed by atoms with van der Waals surface area (Å²) in [5.74, 6) is 0.481. The fraction of sp³-hybridized carbons (Fsp3) is 0.333. The van der Waals surface area contributed by atoms with Gasteiger partial charge in [0.15, 0.2) is 0 Å². The molecule has 0 aliphatic carbocycles. The molecule has 132 valence electrons. The van der Waals surface area contributed by atoms with Crippen LogP contribution in [0, 0.1) is 0 Å². The van der Waals surface area contributed by atoms with Gasteiger partial charge in [0.25, 0.3) is 11.8 Å². The van der Waals surface area contributed by atoms with Gasteiger partial charge in [-0.1, -0.05) is 11.6 Å². The Morgan fingerprint density at radius 2 is 1.68 bits per heavy atom. The van der Waals surface area contributed by atoms with Gasteiger partial charge in [0.1, 0.15) is 5.75 Å². The van der Waals surface area contributed by atoms with Gasteiger partial charge >= 0.3 is 0 Å². The van der Waals surface area contributed by atoms with Crippen LogP contribution in [0.3, 0.4) is 0 Å².